The number of amides is 3. The zero-order valence-electron chi connectivity index (χ0n) is 15.2. The van der Waals surface area contributed by atoms with Crippen LogP contribution >= 0.6 is 0 Å². The molecule has 3 rings (SSSR count). The molecular weight excluding hydrogens is 346 g/mol. The van der Waals surface area contributed by atoms with Crippen molar-refractivity contribution in [1.29, 1.82) is 0 Å². The maximum Gasteiger partial charge on any atom is 0.274 e. The van der Waals surface area contributed by atoms with Crippen molar-refractivity contribution in [3.8, 4) is 0 Å². The number of H-pyrrole nitrogens is 1. The molecule has 27 heavy (non-hydrogen) atoms. The number of nitrogens with two attached hydrogens (primary N) is 1. The number of hydrogen-bond acceptors (Lipinski definition) is 4. The molecule has 1 aliphatic rings. The average molecular weight is 367 g/mol. The van der Waals surface area contributed by atoms with Gasteiger partial charge < -0.3 is 20.9 Å². The van der Waals surface area contributed by atoms with Gasteiger partial charge in [-0.25, -0.2) is 0 Å². The third-order valence-electron chi connectivity index (χ3n) is 4.36. The zero-order chi connectivity index (χ0) is 19.6. The number of primary amides is 1. The Labute approximate surface area is 156 Å². The van der Waals surface area contributed by atoms with Crippen LogP contribution in [0.4, 0.5) is 11.5 Å². The van der Waals surface area contributed by atoms with E-state index in [2.05, 4.69) is 15.3 Å². The Bertz CT molecular complexity index is 987. The van der Waals surface area contributed by atoms with Gasteiger partial charge in [-0.3, -0.25) is 19.4 Å². The lowest BCUT2D eigenvalue weighted by Crippen LogP contribution is -2.27. The molecule has 0 aliphatic carbocycles. The number of dihydropyridines is 1. The minimum absolute atomic E-state index is 0.0887. The smallest absolute Gasteiger partial charge is 0.274 e. The molecule has 140 valence electrons. The molecule has 0 saturated carbocycles. The van der Waals surface area contributed by atoms with Crippen molar-refractivity contribution in [2.45, 2.75) is 20.3 Å². The van der Waals surface area contributed by atoms with Crippen LogP contribution in [-0.4, -0.2) is 41.5 Å². The first-order valence-corrected chi connectivity index (χ1v) is 8.68. The van der Waals surface area contributed by atoms with Crippen LogP contribution in [0.3, 0.4) is 0 Å². The van der Waals surface area contributed by atoms with Crippen molar-refractivity contribution < 1.29 is 14.4 Å². The predicted molar refractivity (Wildman–Crippen MR) is 105 cm³/mol. The van der Waals surface area contributed by atoms with Crippen molar-refractivity contribution in [3.63, 3.8) is 0 Å². The number of anilines is 2. The summed E-state index contributed by atoms with van der Waals surface area (Å²) in [6.07, 6.45) is 4.31. The van der Waals surface area contributed by atoms with Gasteiger partial charge in [-0.05, 0) is 37.6 Å². The third kappa shape index (κ3) is 3.59. The Morgan fingerprint density at radius 1 is 1.33 bits per heavy atom. The summed E-state index contributed by atoms with van der Waals surface area (Å²) in [4.78, 5) is 45.0. The molecule has 0 fully saturated rings. The fraction of sp³-hybridized carbons (Fsp3) is 0.263. The van der Waals surface area contributed by atoms with Crippen molar-refractivity contribution in [2.24, 2.45) is 10.7 Å². The Balaban J connectivity index is 2.02. The number of benzene rings is 1. The molecule has 1 aromatic heterocycles. The molecule has 8 nitrogen and oxygen atoms in total. The van der Waals surface area contributed by atoms with Gasteiger partial charge in [0.25, 0.3) is 11.8 Å². The van der Waals surface area contributed by atoms with Crippen LogP contribution in [0.25, 0.3) is 10.9 Å². The van der Waals surface area contributed by atoms with Crippen molar-refractivity contribution in [3.05, 3.63) is 35.9 Å². The number of carbonyl (C=O) groups is 3. The van der Waals surface area contributed by atoms with E-state index in [1.807, 2.05) is 13.0 Å². The van der Waals surface area contributed by atoms with E-state index in [4.69, 9.17) is 5.73 Å². The average Bonchev–Trinajstić information content (AvgIpc) is 3.00. The summed E-state index contributed by atoms with van der Waals surface area (Å²) in [5.74, 6) is -0.954. The lowest BCUT2D eigenvalue weighted by molar-refractivity contribution is -0.116. The summed E-state index contributed by atoms with van der Waals surface area (Å²) in [6, 6.07) is 5.20. The molecule has 3 amide bonds. The molecule has 0 saturated heterocycles. The van der Waals surface area contributed by atoms with E-state index in [0.717, 1.165) is 6.42 Å². The molecule has 0 unspecified atom stereocenters. The van der Waals surface area contributed by atoms with Crippen LogP contribution in [0.2, 0.25) is 0 Å². The molecular formula is C19H21N5O3. The minimum atomic E-state index is -0.663. The van der Waals surface area contributed by atoms with E-state index in [1.165, 1.54) is 6.92 Å². The molecule has 0 radical (unpaired) electrons. The molecule has 0 atom stereocenters. The molecule has 0 spiro atoms. The van der Waals surface area contributed by atoms with Crippen LogP contribution in [-0.2, 0) is 9.59 Å². The number of hydrogen-bond donors (Lipinski definition) is 3. The lowest BCUT2D eigenvalue weighted by Gasteiger charge is -2.18. The van der Waals surface area contributed by atoms with E-state index < -0.39 is 11.8 Å². The summed E-state index contributed by atoms with van der Waals surface area (Å²) in [5.41, 5.74) is 7.30. The van der Waals surface area contributed by atoms with E-state index in [9.17, 15) is 14.4 Å². The summed E-state index contributed by atoms with van der Waals surface area (Å²) in [6.45, 7) is 4.43. The van der Waals surface area contributed by atoms with Gasteiger partial charge in [0.15, 0.2) is 0 Å². The third-order valence-corrected chi connectivity index (χ3v) is 4.36. The molecule has 1 aliphatic heterocycles. The SMILES string of the molecule is CCN(C(C)=O)c1ccc2c(C(N)=O)c(NC(=O)C3=NCCC=C3)[nH]c2c1. The summed E-state index contributed by atoms with van der Waals surface area (Å²) >= 11 is 0. The maximum atomic E-state index is 12.4. The normalized spacial score (nSPS) is 13.3. The molecule has 4 N–H and O–H groups in total. The van der Waals surface area contributed by atoms with Crippen LogP contribution in [0.5, 0.6) is 0 Å². The number of nitrogens with zero attached hydrogens (tertiary/aromatic N) is 2. The predicted octanol–water partition coefficient (Wildman–Crippen LogP) is 1.98. The number of carbonyl (C=O) groups excluding carboxylic acids is 3. The van der Waals surface area contributed by atoms with Crippen molar-refractivity contribution in [2.75, 3.05) is 23.3 Å². The van der Waals surface area contributed by atoms with Gasteiger partial charge >= 0.3 is 0 Å². The highest BCUT2D eigenvalue weighted by atomic mass is 16.2. The molecule has 2 heterocycles. The van der Waals surface area contributed by atoms with Crippen molar-refractivity contribution >= 4 is 45.8 Å². The number of rotatable bonds is 5. The van der Waals surface area contributed by atoms with E-state index >= 15 is 0 Å². The van der Waals surface area contributed by atoms with Gasteiger partial charge in [-0.1, -0.05) is 6.08 Å². The lowest BCUT2D eigenvalue weighted by atomic mass is 10.1. The number of aromatic amines is 1. The Morgan fingerprint density at radius 3 is 2.70 bits per heavy atom. The molecule has 0 bridgehead atoms. The van der Waals surface area contributed by atoms with E-state index in [1.54, 1.807) is 29.2 Å². The zero-order valence-corrected chi connectivity index (χ0v) is 15.2. The molecule has 8 heteroatoms. The fourth-order valence-electron chi connectivity index (χ4n) is 3.12. The fourth-order valence-corrected chi connectivity index (χ4v) is 3.12. The first kappa shape index (κ1) is 18.4. The highest BCUT2D eigenvalue weighted by Gasteiger charge is 2.21. The minimum Gasteiger partial charge on any atom is -0.365 e. The first-order chi connectivity index (χ1) is 12.9. The summed E-state index contributed by atoms with van der Waals surface area (Å²) < 4.78 is 0. The largest absolute Gasteiger partial charge is 0.365 e. The molecule has 1 aromatic carbocycles. The second-order valence-electron chi connectivity index (χ2n) is 6.14. The van der Waals surface area contributed by atoms with Gasteiger partial charge in [-0.2, -0.15) is 0 Å². The number of aromatic nitrogens is 1. The van der Waals surface area contributed by atoms with Gasteiger partial charge in [0.05, 0.1) is 5.56 Å². The topological polar surface area (TPSA) is 121 Å². The Hall–Kier alpha value is -3.42. The van der Waals surface area contributed by atoms with Crippen LogP contribution in [0.15, 0.2) is 35.3 Å². The second kappa shape index (κ2) is 7.45. The monoisotopic (exact) mass is 367 g/mol. The van der Waals surface area contributed by atoms with Crippen LogP contribution < -0.4 is 16.0 Å². The first-order valence-electron chi connectivity index (χ1n) is 8.68. The highest BCUT2D eigenvalue weighted by Crippen LogP contribution is 2.29. The van der Waals surface area contributed by atoms with Gasteiger partial charge in [0, 0.05) is 36.6 Å². The standard InChI is InChI=1S/C19H21N5O3/c1-3-24(11(2)25)12-7-8-13-15(10-12)22-18(16(13)17(20)26)23-19(27)14-6-4-5-9-21-14/h4,6-8,10,22H,3,5,9H2,1-2H3,(H2,20,26)(H,23,27). The van der Waals surface area contributed by atoms with Crippen molar-refractivity contribution in [1.82, 2.24) is 4.98 Å². The second-order valence-corrected chi connectivity index (χ2v) is 6.14. The maximum absolute atomic E-state index is 12.4. The van der Waals surface area contributed by atoms with Gasteiger partial charge in [-0.15, -0.1) is 0 Å². The Kier molecular flexibility index (Phi) is 5.07. The molecule has 2 aromatic rings. The number of fused-ring (bicyclic) bond motifs is 1. The van der Waals surface area contributed by atoms with Crippen LogP contribution in [0.1, 0.15) is 30.6 Å². The quantitative estimate of drug-likeness (QED) is 0.749. The number of nitrogens with one attached hydrogen (secondary N) is 2. The van der Waals surface area contributed by atoms with Gasteiger partial charge in [0.1, 0.15) is 11.5 Å². The summed E-state index contributed by atoms with van der Waals surface area (Å²) in [7, 11) is 0. The highest BCUT2D eigenvalue weighted by molar-refractivity contribution is 6.47. The number of aliphatic imine (C=N–C) groups is 1. The van der Waals surface area contributed by atoms with Crippen LogP contribution in [0, 0.1) is 0 Å². The van der Waals surface area contributed by atoms with E-state index in [0.29, 0.717) is 35.4 Å². The summed E-state index contributed by atoms with van der Waals surface area (Å²) in [5, 5.41) is 3.25. The Morgan fingerprint density at radius 2 is 2.11 bits per heavy atom. The van der Waals surface area contributed by atoms with E-state index in [-0.39, 0.29) is 17.3 Å². The van der Waals surface area contributed by atoms with Gasteiger partial charge in [0.2, 0.25) is 5.91 Å².